The number of amides is 2. The number of aromatic nitrogens is 1. The minimum Gasteiger partial charge on any atom is -0.459 e. The molecule has 1 unspecified atom stereocenters. The molecule has 3 heterocycles. The van der Waals surface area contributed by atoms with Gasteiger partial charge in [0.2, 0.25) is 0 Å². The number of anilines is 1. The third-order valence-electron chi connectivity index (χ3n) is 4.39. The number of likely N-dealkylation sites (tertiary alicyclic amines) is 1. The van der Waals surface area contributed by atoms with Gasteiger partial charge in [0.1, 0.15) is 5.76 Å². The van der Waals surface area contributed by atoms with E-state index < -0.39 is 18.0 Å². The van der Waals surface area contributed by atoms with Gasteiger partial charge in [-0.15, -0.1) is 0 Å². The van der Waals surface area contributed by atoms with Gasteiger partial charge >= 0.3 is 5.97 Å². The van der Waals surface area contributed by atoms with Gasteiger partial charge in [0.15, 0.2) is 17.7 Å². The molecule has 3 rings (SSSR count). The molecule has 1 aliphatic heterocycles. The normalized spacial score (nSPS) is 16.0. The molecule has 1 atom stereocenters. The number of rotatable bonds is 5. The van der Waals surface area contributed by atoms with Gasteiger partial charge in [-0.1, -0.05) is 5.16 Å². The first-order valence-corrected chi connectivity index (χ1v) is 8.71. The lowest BCUT2D eigenvalue weighted by Gasteiger charge is -2.30. The minimum atomic E-state index is -0.961. The Hall–Kier alpha value is -3.10. The average Bonchev–Trinajstić information content (AvgIpc) is 3.33. The van der Waals surface area contributed by atoms with Crippen molar-refractivity contribution in [3.8, 4) is 0 Å². The number of nitrogens with one attached hydrogen (secondary N) is 1. The molecule has 2 aromatic heterocycles. The highest BCUT2D eigenvalue weighted by Gasteiger charge is 2.31. The number of carbonyl (C=O) groups is 3. The first kappa shape index (κ1) is 18.7. The maximum absolute atomic E-state index is 12.3. The molecule has 0 radical (unpaired) electrons. The molecule has 0 aliphatic carbocycles. The highest BCUT2D eigenvalue weighted by molar-refractivity contribution is 5.94. The van der Waals surface area contributed by atoms with E-state index in [2.05, 4.69) is 10.5 Å². The summed E-state index contributed by atoms with van der Waals surface area (Å²) in [6, 6.07) is 4.84. The van der Waals surface area contributed by atoms with Crippen molar-refractivity contribution in [1.82, 2.24) is 10.1 Å². The van der Waals surface area contributed by atoms with Gasteiger partial charge < -0.3 is 23.9 Å². The van der Waals surface area contributed by atoms with Crippen LogP contribution in [0.1, 0.15) is 36.1 Å². The fraction of sp³-hybridized carbons (Fsp3) is 0.444. The largest absolute Gasteiger partial charge is 0.459 e. The zero-order chi connectivity index (χ0) is 19.4. The van der Waals surface area contributed by atoms with Crippen LogP contribution in [0.5, 0.6) is 0 Å². The molecule has 2 aromatic rings. The lowest BCUT2D eigenvalue weighted by Crippen LogP contribution is -2.41. The van der Waals surface area contributed by atoms with Crippen LogP contribution in [0.2, 0.25) is 0 Å². The summed E-state index contributed by atoms with van der Waals surface area (Å²) in [6.07, 6.45) is 1.44. The number of piperidine rings is 1. The second kappa shape index (κ2) is 8.07. The molecule has 1 aliphatic rings. The van der Waals surface area contributed by atoms with Crippen LogP contribution in [0.15, 0.2) is 33.4 Å². The summed E-state index contributed by atoms with van der Waals surface area (Å²) >= 11 is 0. The molecule has 0 saturated carbocycles. The van der Waals surface area contributed by atoms with E-state index in [9.17, 15) is 14.4 Å². The van der Waals surface area contributed by atoms with Crippen LogP contribution in [0.3, 0.4) is 0 Å². The summed E-state index contributed by atoms with van der Waals surface area (Å²) in [4.78, 5) is 38.3. The monoisotopic (exact) mass is 375 g/mol. The van der Waals surface area contributed by atoms with E-state index in [4.69, 9.17) is 13.7 Å². The van der Waals surface area contributed by atoms with Crippen LogP contribution in [0, 0.1) is 12.8 Å². The molecule has 144 valence electrons. The summed E-state index contributed by atoms with van der Waals surface area (Å²) < 4.78 is 15.2. The van der Waals surface area contributed by atoms with E-state index in [1.54, 1.807) is 30.0 Å². The Kier molecular flexibility index (Phi) is 5.58. The third-order valence-corrected chi connectivity index (χ3v) is 4.39. The number of hydrogen-bond donors (Lipinski definition) is 1. The molecule has 9 nitrogen and oxygen atoms in total. The summed E-state index contributed by atoms with van der Waals surface area (Å²) in [7, 11) is 0. The Labute approximate surface area is 155 Å². The van der Waals surface area contributed by atoms with Gasteiger partial charge in [0.05, 0.1) is 12.2 Å². The van der Waals surface area contributed by atoms with Crippen molar-refractivity contribution >= 4 is 23.6 Å². The Morgan fingerprint density at radius 3 is 2.67 bits per heavy atom. The zero-order valence-corrected chi connectivity index (χ0v) is 15.1. The number of furan rings is 1. The highest BCUT2D eigenvalue weighted by Crippen LogP contribution is 2.21. The standard InChI is InChI=1S/C18H21N3O6/c1-11-10-15(20-27-11)19-16(22)12(2)26-18(24)13-5-7-21(8-6-13)17(23)14-4-3-9-25-14/h3-4,9-10,12-13H,5-8H2,1-2H3,(H,19,20,22). The van der Waals surface area contributed by atoms with Gasteiger partial charge in [-0.2, -0.15) is 0 Å². The molecular weight excluding hydrogens is 354 g/mol. The van der Waals surface area contributed by atoms with E-state index in [1.807, 2.05) is 0 Å². The highest BCUT2D eigenvalue weighted by atomic mass is 16.5. The Morgan fingerprint density at radius 2 is 2.07 bits per heavy atom. The Bertz CT molecular complexity index is 805. The van der Waals surface area contributed by atoms with Crippen molar-refractivity contribution in [2.75, 3.05) is 18.4 Å². The first-order chi connectivity index (χ1) is 12.9. The number of aryl methyl sites for hydroxylation is 1. The van der Waals surface area contributed by atoms with Gasteiger partial charge in [0, 0.05) is 19.2 Å². The molecule has 1 fully saturated rings. The van der Waals surface area contributed by atoms with E-state index >= 15 is 0 Å². The van der Waals surface area contributed by atoms with Crippen molar-refractivity contribution in [3.05, 3.63) is 36.0 Å². The molecule has 2 amide bonds. The predicted octanol–water partition coefficient (Wildman–Crippen LogP) is 2.00. The maximum Gasteiger partial charge on any atom is 0.309 e. The second-order valence-corrected chi connectivity index (χ2v) is 6.43. The van der Waals surface area contributed by atoms with Crippen molar-refractivity contribution in [3.63, 3.8) is 0 Å². The van der Waals surface area contributed by atoms with E-state index in [1.165, 1.54) is 13.2 Å². The van der Waals surface area contributed by atoms with Crippen molar-refractivity contribution in [2.45, 2.75) is 32.8 Å². The number of hydrogen-bond acceptors (Lipinski definition) is 7. The maximum atomic E-state index is 12.3. The summed E-state index contributed by atoms with van der Waals surface area (Å²) in [6.45, 7) is 4.06. The van der Waals surface area contributed by atoms with Gasteiger partial charge in [-0.25, -0.2) is 0 Å². The van der Waals surface area contributed by atoms with Crippen LogP contribution >= 0.6 is 0 Å². The third kappa shape index (κ3) is 4.55. The van der Waals surface area contributed by atoms with Gasteiger partial charge in [0.25, 0.3) is 11.8 Å². The van der Waals surface area contributed by atoms with Crippen LogP contribution < -0.4 is 5.32 Å². The smallest absolute Gasteiger partial charge is 0.309 e. The molecule has 1 N–H and O–H groups in total. The molecule has 27 heavy (non-hydrogen) atoms. The second-order valence-electron chi connectivity index (χ2n) is 6.43. The van der Waals surface area contributed by atoms with E-state index in [0.29, 0.717) is 31.7 Å². The number of ether oxygens (including phenoxy) is 1. The Balaban J connectivity index is 1.46. The summed E-state index contributed by atoms with van der Waals surface area (Å²) in [5, 5.41) is 6.18. The number of esters is 1. The average molecular weight is 375 g/mol. The van der Waals surface area contributed by atoms with Crippen LogP contribution in [0.4, 0.5) is 5.82 Å². The van der Waals surface area contributed by atoms with Crippen molar-refractivity contribution < 1.29 is 28.1 Å². The first-order valence-electron chi connectivity index (χ1n) is 8.71. The quantitative estimate of drug-likeness (QED) is 0.795. The van der Waals surface area contributed by atoms with Crippen molar-refractivity contribution in [1.29, 1.82) is 0 Å². The number of carbonyl (C=O) groups excluding carboxylic acids is 3. The SMILES string of the molecule is Cc1cc(NC(=O)C(C)OC(=O)C2CCN(C(=O)c3ccco3)CC2)no1. The van der Waals surface area contributed by atoms with Crippen LogP contribution in [-0.4, -0.2) is 47.0 Å². The fourth-order valence-electron chi connectivity index (χ4n) is 2.85. The van der Waals surface area contributed by atoms with E-state index in [0.717, 1.165) is 0 Å². The van der Waals surface area contributed by atoms with E-state index in [-0.39, 0.29) is 23.4 Å². The molecular formula is C18H21N3O6. The van der Waals surface area contributed by atoms with Gasteiger partial charge in [-0.3, -0.25) is 14.4 Å². The van der Waals surface area contributed by atoms with Crippen LogP contribution in [-0.2, 0) is 14.3 Å². The summed E-state index contributed by atoms with van der Waals surface area (Å²) in [5.41, 5.74) is 0. The van der Waals surface area contributed by atoms with Crippen molar-refractivity contribution in [2.24, 2.45) is 5.92 Å². The molecule has 0 aromatic carbocycles. The molecule has 0 bridgehead atoms. The number of nitrogens with zero attached hydrogens (tertiary/aromatic N) is 2. The molecule has 9 heteroatoms. The fourth-order valence-corrected chi connectivity index (χ4v) is 2.85. The Morgan fingerprint density at radius 1 is 1.33 bits per heavy atom. The minimum absolute atomic E-state index is 0.192. The lowest BCUT2D eigenvalue weighted by atomic mass is 9.97. The molecule has 1 saturated heterocycles. The molecule has 0 spiro atoms. The van der Waals surface area contributed by atoms with Crippen LogP contribution in [0.25, 0.3) is 0 Å². The predicted molar refractivity (Wildman–Crippen MR) is 92.8 cm³/mol. The zero-order valence-electron chi connectivity index (χ0n) is 15.1. The van der Waals surface area contributed by atoms with Gasteiger partial charge in [-0.05, 0) is 38.8 Å². The topological polar surface area (TPSA) is 115 Å². The lowest BCUT2D eigenvalue weighted by molar-refractivity contribution is -0.158. The summed E-state index contributed by atoms with van der Waals surface area (Å²) in [5.74, 6) is -0.362.